The van der Waals surface area contributed by atoms with Gasteiger partial charge < -0.3 is 15.0 Å². The molecule has 1 N–H and O–H groups in total. The van der Waals surface area contributed by atoms with Crippen molar-refractivity contribution in [2.75, 3.05) is 33.4 Å². The second-order valence-electron chi connectivity index (χ2n) is 7.42. The number of hydrogen-bond acceptors (Lipinski definition) is 3. The minimum Gasteiger partial charge on any atom is -0.381 e. The average molecular weight is 532 g/mol. The molecule has 29 heavy (non-hydrogen) atoms. The Morgan fingerprint density at radius 3 is 2.69 bits per heavy atom. The van der Waals surface area contributed by atoms with Crippen molar-refractivity contribution in [1.82, 2.24) is 20.0 Å². The van der Waals surface area contributed by atoms with Gasteiger partial charge >= 0.3 is 0 Å². The maximum atomic E-state index is 6.57. The Balaban J connectivity index is 0.00000300. The molecule has 0 bridgehead atoms. The summed E-state index contributed by atoms with van der Waals surface area (Å²) in [6.45, 7) is 5.82. The van der Waals surface area contributed by atoms with Gasteiger partial charge in [-0.1, -0.05) is 29.8 Å². The largest absolute Gasteiger partial charge is 0.381 e. The highest BCUT2D eigenvalue weighted by Crippen LogP contribution is 2.38. The van der Waals surface area contributed by atoms with Crippen LogP contribution in [0, 0.1) is 0 Å². The van der Waals surface area contributed by atoms with E-state index >= 15 is 0 Å². The number of aliphatic imine (C=N–C) groups is 1. The van der Waals surface area contributed by atoms with Crippen LogP contribution in [0.2, 0.25) is 5.02 Å². The molecule has 8 heteroatoms. The highest BCUT2D eigenvalue weighted by atomic mass is 127. The first kappa shape index (κ1) is 24.0. The summed E-state index contributed by atoms with van der Waals surface area (Å²) in [6.07, 6.45) is 5.77. The Kier molecular flexibility index (Phi) is 9.23. The highest BCUT2D eigenvalue weighted by Gasteiger charge is 2.36. The summed E-state index contributed by atoms with van der Waals surface area (Å²) >= 11 is 6.57. The number of guanidine groups is 1. The molecular weight excluding hydrogens is 501 g/mol. The predicted molar refractivity (Wildman–Crippen MR) is 129 cm³/mol. The van der Waals surface area contributed by atoms with E-state index in [0.29, 0.717) is 6.54 Å². The minimum atomic E-state index is -0.0909. The zero-order chi connectivity index (χ0) is 20.0. The SMILES string of the molecule is CCNC(=NCC1(c2ccccc2Cl)CCOCC1)N(C)Cc1cnn(C)c1.I. The van der Waals surface area contributed by atoms with E-state index in [1.807, 2.05) is 36.3 Å². The van der Waals surface area contributed by atoms with Crippen LogP contribution in [0.5, 0.6) is 0 Å². The molecule has 1 aromatic heterocycles. The minimum absolute atomic E-state index is 0. The van der Waals surface area contributed by atoms with Crippen LogP contribution in [-0.4, -0.2) is 54.0 Å². The van der Waals surface area contributed by atoms with E-state index in [1.165, 1.54) is 5.56 Å². The summed E-state index contributed by atoms with van der Waals surface area (Å²) in [5.41, 5.74) is 2.24. The quantitative estimate of drug-likeness (QED) is 0.350. The van der Waals surface area contributed by atoms with Gasteiger partial charge in [-0.25, -0.2) is 0 Å². The van der Waals surface area contributed by atoms with Crippen molar-refractivity contribution in [3.63, 3.8) is 0 Å². The highest BCUT2D eigenvalue weighted by molar-refractivity contribution is 14.0. The van der Waals surface area contributed by atoms with Crippen LogP contribution in [0.3, 0.4) is 0 Å². The maximum Gasteiger partial charge on any atom is 0.193 e. The lowest BCUT2D eigenvalue weighted by atomic mass is 9.74. The fourth-order valence-corrected chi connectivity index (χ4v) is 4.10. The van der Waals surface area contributed by atoms with E-state index < -0.39 is 0 Å². The van der Waals surface area contributed by atoms with Gasteiger partial charge in [-0.3, -0.25) is 9.67 Å². The molecule has 1 fully saturated rings. The Morgan fingerprint density at radius 1 is 1.34 bits per heavy atom. The lowest BCUT2D eigenvalue weighted by molar-refractivity contribution is 0.0530. The Bertz CT molecular complexity index is 804. The molecule has 1 aliphatic heterocycles. The van der Waals surface area contributed by atoms with Crippen molar-refractivity contribution < 1.29 is 4.74 Å². The first-order valence-corrected chi connectivity index (χ1v) is 10.2. The van der Waals surface area contributed by atoms with E-state index in [9.17, 15) is 0 Å². The van der Waals surface area contributed by atoms with Gasteiger partial charge in [0, 0.05) is 62.6 Å². The number of nitrogens with one attached hydrogen (secondary N) is 1. The molecule has 2 aromatic rings. The topological polar surface area (TPSA) is 54.7 Å². The number of benzene rings is 1. The third-order valence-electron chi connectivity index (χ3n) is 5.30. The lowest BCUT2D eigenvalue weighted by Crippen LogP contribution is -2.42. The van der Waals surface area contributed by atoms with Crippen LogP contribution in [0.1, 0.15) is 30.9 Å². The van der Waals surface area contributed by atoms with Gasteiger partial charge in [0.25, 0.3) is 0 Å². The summed E-state index contributed by atoms with van der Waals surface area (Å²) in [6, 6.07) is 8.14. The number of hydrogen-bond donors (Lipinski definition) is 1. The summed E-state index contributed by atoms with van der Waals surface area (Å²) in [4.78, 5) is 7.16. The van der Waals surface area contributed by atoms with Crippen LogP contribution in [0.4, 0.5) is 0 Å². The number of ether oxygens (including phenoxy) is 1. The molecule has 1 aromatic carbocycles. The molecule has 1 saturated heterocycles. The second kappa shape index (κ2) is 11.2. The Hall–Kier alpha value is -1.32. The van der Waals surface area contributed by atoms with Crippen molar-refractivity contribution in [2.45, 2.75) is 31.7 Å². The Morgan fingerprint density at radius 2 is 2.07 bits per heavy atom. The number of aromatic nitrogens is 2. The third-order valence-corrected chi connectivity index (χ3v) is 5.63. The molecule has 0 radical (unpaired) electrons. The molecule has 0 unspecified atom stereocenters. The van der Waals surface area contributed by atoms with Gasteiger partial charge in [-0.15, -0.1) is 24.0 Å². The van der Waals surface area contributed by atoms with Crippen molar-refractivity contribution in [1.29, 1.82) is 0 Å². The lowest BCUT2D eigenvalue weighted by Gasteiger charge is -2.37. The van der Waals surface area contributed by atoms with E-state index in [-0.39, 0.29) is 29.4 Å². The first-order valence-electron chi connectivity index (χ1n) is 9.84. The molecule has 2 heterocycles. The summed E-state index contributed by atoms with van der Waals surface area (Å²) in [5, 5.41) is 8.49. The monoisotopic (exact) mass is 531 g/mol. The molecule has 0 atom stereocenters. The van der Waals surface area contributed by atoms with Gasteiger partial charge in [-0.05, 0) is 31.4 Å². The van der Waals surface area contributed by atoms with Crippen molar-refractivity contribution in [3.05, 3.63) is 52.8 Å². The Labute approximate surface area is 195 Å². The molecule has 0 amide bonds. The first-order chi connectivity index (χ1) is 13.5. The average Bonchev–Trinajstić information content (AvgIpc) is 3.10. The summed E-state index contributed by atoms with van der Waals surface area (Å²) < 4.78 is 7.46. The van der Waals surface area contributed by atoms with Crippen LogP contribution in [-0.2, 0) is 23.7 Å². The van der Waals surface area contributed by atoms with Crippen molar-refractivity contribution >= 4 is 41.5 Å². The fourth-order valence-electron chi connectivity index (χ4n) is 3.76. The zero-order valence-electron chi connectivity index (χ0n) is 17.4. The number of nitrogens with zero attached hydrogens (tertiary/aromatic N) is 4. The van der Waals surface area contributed by atoms with Gasteiger partial charge in [0.05, 0.1) is 12.7 Å². The smallest absolute Gasteiger partial charge is 0.193 e. The number of halogens is 2. The third kappa shape index (κ3) is 6.08. The van der Waals surface area contributed by atoms with Gasteiger partial charge in [0.15, 0.2) is 5.96 Å². The van der Waals surface area contributed by atoms with E-state index in [4.69, 9.17) is 21.3 Å². The molecule has 160 valence electrons. The predicted octanol–water partition coefficient (Wildman–Crippen LogP) is 3.84. The molecule has 6 nitrogen and oxygen atoms in total. The van der Waals surface area contributed by atoms with E-state index in [1.54, 1.807) is 0 Å². The summed E-state index contributed by atoms with van der Waals surface area (Å²) in [7, 11) is 3.99. The fraction of sp³-hybridized carbons (Fsp3) is 0.524. The van der Waals surface area contributed by atoms with Crippen molar-refractivity contribution in [3.8, 4) is 0 Å². The number of aryl methyl sites for hydroxylation is 1. The zero-order valence-corrected chi connectivity index (χ0v) is 20.5. The van der Waals surface area contributed by atoms with Gasteiger partial charge in [-0.2, -0.15) is 5.10 Å². The van der Waals surface area contributed by atoms with Gasteiger partial charge in [0.1, 0.15) is 0 Å². The maximum absolute atomic E-state index is 6.57. The van der Waals surface area contributed by atoms with Gasteiger partial charge in [0.2, 0.25) is 0 Å². The van der Waals surface area contributed by atoms with E-state index in [0.717, 1.165) is 55.7 Å². The van der Waals surface area contributed by atoms with Crippen LogP contribution < -0.4 is 5.32 Å². The molecular formula is C21H31ClIN5O. The molecule has 1 aliphatic rings. The van der Waals surface area contributed by atoms with Crippen molar-refractivity contribution in [2.24, 2.45) is 12.0 Å². The molecule has 0 saturated carbocycles. The number of rotatable bonds is 6. The van der Waals surface area contributed by atoms with Crippen LogP contribution >= 0.6 is 35.6 Å². The van der Waals surface area contributed by atoms with Crippen LogP contribution in [0.25, 0.3) is 0 Å². The second-order valence-corrected chi connectivity index (χ2v) is 7.83. The molecule has 0 aliphatic carbocycles. The van der Waals surface area contributed by atoms with Crippen LogP contribution in [0.15, 0.2) is 41.7 Å². The normalized spacial score (nSPS) is 16.2. The van der Waals surface area contributed by atoms with E-state index in [2.05, 4.69) is 41.4 Å². The molecule has 3 rings (SSSR count). The molecule has 0 spiro atoms. The standard InChI is InChI=1S/C21H30ClN5O.HI/c1-4-23-20(26(2)14-17-13-25-27(3)15-17)24-16-21(9-11-28-12-10-21)18-7-5-6-8-19(18)22;/h5-8,13,15H,4,9-12,14,16H2,1-3H3,(H,23,24);1H. The summed E-state index contributed by atoms with van der Waals surface area (Å²) in [5.74, 6) is 0.893.